The second-order valence-corrected chi connectivity index (χ2v) is 13.9. The molecule has 4 rings (SSSR count). The molecular weight excluding hydrogens is 528 g/mol. The Balaban J connectivity index is 1.57. The van der Waals surface area contributed by atoms with Crippen molar-refractivity contribution in [3.8, 4) is 5.75 Å². The van der Waals surface area contributed by atoms with Crippen molar-refractivity contribution in [2.24, 2.45) is 5.92 Å². The van der Waals surface area contributed by atoms with Gasteiger partial charge in [0.1, 0.15) is 17.0 Å². The zero-order chi connectivity index (χ0) is 27.8. The maximum atomic E-state index is 13.5. The maximum Gasteiger partial charge on any atom is 0.274 e. The number of guanidine groups is 1. The summed E-state index contributed by atoms with van der Waals surface area (Å²) in [6.45, 7) is 3.91. The van der Waals surface area contributed by atoms with E-state index in [-0.39, 0.29) is 35.8 Å². The van der Waals surface area contributed by atoms with Crippen LogP contribution < -0.4 is 15.4 Å². The zero-order valence-corrected chi connectivity index (χ0v) is 23.8. The molecular formula is C25H34N6O5S2. The van der Waals surface area contributed by atoms with Gasteiger partial charge in [-0.2, -0.15) is 4.31 Å². The highest BCUT2D eigenvalue weighted by molar-refractivity contribution is 7.90. The molecule has 3 atom stereocenters. The number of methoxy groups -OCH3 is 1. The highest BCUT2D eigenvalue weighted by Crippen LogP contribution is 2.48. The number of nitrogens with one attached hydrogen (secondary N) is 3. The van der Waals surface area contributed by atoms with Crippen LogP contribution in [-0.4, -0.2) is 77.2 Å². The van der Waals surface area contributed by atoms with Gasteiger partial charge in [0.05, 0.1) is 37.5 Å². The van der Waals surface area contributed by atoms with Crippen molar-refractivity contribution in [3.05, 3.63) is 53.3 Å². The van der Waals surface area contributed by atoms with Crippen LogP contribution >= 0.6 is 0 Å². The first kappa shape index (κ1) is 28.1. The number of fused-ring (bicyclic) bond motifs is 2. The van der Waals surface area contributed by atoms with Gasteiger partial charge in [-0.3, -0.25) is 10.2 Å². The van der Waals surface area contributed by atoms with Gasteiger partial charge in [-0.15, -0.1) is 0 Å². The van der Waals surface area contributed by atoms with Crippen LogP contribution in [-0.2, 0) is 33.3 Å². The predicted molar refractivity (Wildman–Crippen MR) is 147 cm³/mol. The molecule has 0 saturated carbocycles. The number of benzene rings is 1. The smallest absolute Gasteiger partial charge is 0.274 e. The Bertz CT molecular complexity index is 1320. The number of nitrogens with zero attached hydrogens (tertiary/aromatic N) is 3. The molecule has 1 amide bonds. The van der Waals surface area contributed by atoms with Crippen LogP contribution in [0.5, 0.6) is 5.75 Å². The van der Waals surface area contributed by atoms with Gasteiger partial charge < -0.3 is 19.9 Å². The molecule has 2 aliphatic rings. The van der Waals surface area contributed by atoms with Crippen molar-refractivity contribution in [1.82, 2.24) is 18.9 Å². The van der Waals surface area contributed by atoms with Crippen LogP contribution in [0.25, 0.3) is 0 Å². The van der Waals surface area contributed by atoms with E-state index in [4.69, 9.17) is 10.1 Å². The minimum atomic E-state index is -3.44. The Morgan fingerprint density at radius 1 is 1.39 bits per heavy atom. The Morgan fingerprint density at radius 2 is 2.13 bits per heavy atom. The number of ether oxygens (including phenoxy) is 1. The highest BCUT2D eigenvalue weighted by Gasteiger charge is 2.59. The second kappa shape index (κ2) is 10.7. The fourth-order valence-electron chi connectivity index (χ4n) is 4.90. The van der Waals surface area contributed by atoms with Gasteiger partial charge in [0.25, 0.3) is 5.91 Å². The van der Waals surface area contributed by atoms with Gasteiger partial charge in [0.2, 0.25) is 16.0 Å². The number of aromatic nitrogens is 1. The van der Waals surface area contributed by atoms with Crippen LogP contribution in [0.4, 0.5) is 5.69 Å². The molecule has 1 saturated heterocycles. The Morgan fingerprint density at radius 3 is 2.76 bits per heavy atom. The number of carbonyl (C=O) groups excluding carboxylic acids is 1. The topological polar surface area (TPSA) is 151 Å². The lowest BCUT2D eigenvalue weighted by molar-refractivity contribution is 0.102. The molecule has 11 nitrogen and oxygen atoms in total. The molecule has 1 aliphatic carbocycles. The molecule has 2 heterocycles. The third kappa shape index (κ3) is 5.33. The summed E-state index contributed by atoms with van der Waals surface area (Å²) in [7, 11) is 1.21. The maximum absolute atomic E-state index is 13.5. The molecule has 3 N–H and O–H groups in total. The molecule has 1 fully saturated rings. The van der Waals surface area contributed by atoms with Gasteiger partial charge in [0.15, 0.2) is 5.25 Å². The fourth-order valence-corrected chi connectivity index (χ4v) is 7.91. The quantitative estimate of drug-likeness (QED) is 0.392. The summed E-state index contributed by atoms with van der Waals surface area (Å²) in [6, 6.07) is 8.75. The summed E-state index contributed by atoms with van der Waals surface area (Å²) in [6.07, 6.45) is 2.33. The average Bonchev–Trinajstić information content (AvgIpc) is 2.86. The minimum absolute atomic E-state index is 0.00821. The van der Waals surface area contributed by atoms with E-state index in [1.54, 1.807) is 32.3 Å². The number of pyridine rings is 1. The van der Waals surface area contributed by atoms with Crippen molar-refractivity contribution < 1.29 is 22.5 Å². The standard InChI is InChI=1S/C25H34N6O5S2/c1-16(2)15-38(34,35)30(3)11-10-22-25(29-24(26)31(4)37(22)33)13-17-6-7-18(12-20(17)25)28-23(32)21-9-8-19(36-5)14-27-21/h6-9,12,14,16,22H,10-11,13,15H2,1-5H3,(H2,26,29)(H,28,32)/t22?,25-,37?/m1/s1. The summed E-state index contributed by atoms with van der Waals surface area (Å²) in [4.78, 5) is 16.9. The van der Waals surface area contributed by atoms with Gasteiger partial charge in [-0.25, -0.2) is 17.7 Å². The summed E-state index contributed by atoms with van der Waals surface area (Å²) in [5.41, 5.74) is 1.80. The van der Waals surface area contributed by atoms with Crippen molar-refractivity contribution in [2.45, 2.75) is 37.5 Å². The normalized spacial score (nSPS) is 22.7. The number of anilines is 1. The summed E-state index contributed by atoms with van der Waals surface area (Å²) >= 11 is -1.57. The molecule has 2 aromatic rings. The molecule has 0 radical (unpaired) electrons. The van der Waals surface area contributed by atoms with E-state index < -0.39 is 32.2 Å². The lowest BCUT2D eigenvalue weighted by Gasteiger charge is -2.53. The molecule has 1 aromatic carbocycles. The van der Waals surface area contributed by atoms with Crippen molar-refractivity contribution in [1.29, 1.82) is 5.41 Å². The van der Waals surface area contributed by atoms with Crippen LogP contribution in [0, 0.1) is 11.3 Å². The first-order valence-corrected chi connectivity index (χ1v) is 15.1. The van der Waals surface area contributed by atoms with E-state index in [0.717, 1.165) is 11.1 Å². The number of carbonyl (C=O) groups is 1. The molecule has 1 spiro atoms. The third-order valence-corrected chi connectivity index (χ3v) is 11.0. The second-order valence-electron chi connectivity index (χ2n) is 10.1. The van der Waals surface area contributed by atoms with E-state index in [2.05, 4.69) is 15.6 Å². The zero-order valence-electron chi connectivity index (χ0n) is 22.1. The molecule has 206 valence electrons. The monoisotopic (exact) mass is 562 g/mol. The van der Waals surface area contributed by atoms with Crippen LogP contribution in [0.2, 0.25) is 0 Å². The van der Waals surface area contributed by atoms with E-state index >= 15 is 0 Å². The fraction of sp³-hybridized carbons (Fsp3) is 0.480. The van der Waals surface area contributed by atoms with E-state index in [1.807, 2.05) is 26.0 Å². The molecule has 0 bridgehead atoms. The Kier molecular flexibility index (Phi) is 7.94. The van der Waals surface area contributed by atoms with Gasteiger partial charge >= 0.3 is 0 Å². The molecule has 2 unspecified atom stereocenters. The first-order chi connectivity index (χ1) is 17.9. The van der Waals surface area contributed by atoms with Crippen LogP contribution in [0.3, 0.4) is 0 Å². The van der Waals surface area contributed by atoms with Crippen molar-refractivity contribution >= 4 is 38.9 Å². The SMILES string of the molecule is COc1ccc(C(=O)Nc2ccc3c(c2)[C@@]2(C3)NC(=N)N(C)[S+]([O-])C2CCN(C)S(=O)(=O)CC(C)C)nc1. The Labute approximate surface area is 226 Å². The van der Waals surface area contributed by atoms with Crippen molar-refractivity contribution in [3.63, 3.8) is 0 Å². The third-order valence-electron chi connectivity index (χ3n) is 6.97. The summed E-state index contributed by atoms with van der Waals surface area (Å²) in [5.74, 6) is 0.221. The summed E-state index contributed by atoms with van der Waals surface area (Å²) < 4.78 is 46.7. The first-order valence-electron chi connectivity index (χ1n) is 12.3. The molecule has 1 aliphatic heterocycles. The lowest BCUT2D eigenvalue weighted by atomic mass is 9.67. The summed E-state index contributed by atoms with van der Waals surface area (Å²) in [5, 5.41) is 14.0. The number of hydrogen-bond acceptors (Lipinski definition) is 7. The molecule has 13 heteroatoms. The van der Waals surface area contributed by atoms with Gasteiger partial charge in [-0.05, 0) is 41.3 Å². The predicted octanol–water partition coefficient (Wildman–Crippen LogP) is 1.90. The minimum Gasteiger partial charge on any atom is -0.593 e. The number of hydrogen-bond donors (Lipinski definition) is 3. The van der Waals surface area contributed by atoms with E-state index in [9.17, 15) is 17.8 Å². The largest absolute Gasteiger partial charge is 0.593 e. The number of rotatable bonds is 9. The Hall–Kier alpha value is -2.87. The number of sulfonamides is 1. The van der Waals surface area contributed by atoms with E-state index in [0.29, 0.717) is 24.3 Å². The lowest BCUT2D eigenvalue weighted by Crippen LogP contribution is -2.71. The van der Waals surface area contributed by atoms with Crippen LogP contribution in [0.15, 0.2) is 36.5 Å². The molecule has 38 heavy (non-hydrogen) atoms. The van der Waals surface area contributed by atoms with Crippen LogP contribution in [0.1, 0.15) is 41.9 Å². The van der Waals surface area contributed by atoms with E-state index in [1.165, 1.54) is 21.9 Å². The van der Waals surface area contributed by atoms with Gasteiger partial charge in [-0.1, -0.05) is 19.9 Å². The highest BCUT2D eigenvalue weighted by atomic mass is 32.2. The molecule has 1 aromatic heterocycles. The van der Waals surface area contributed by atoms with Crippen molar-refractivity contribution in [2.75, 3.05) is 38.8 Å². The average molecular weight is 563 g/mol. The number of amides is 1. The van der Waals surface area contributed by atoms with Gasteiger partial charge in [0, 0.05) is 32.1 Å².